The number of rotatable bonds is 1. The molecule has 1 aliphatic carbocycles. The van der Waals surface area contributed by atoms with E-state index in [0.717, 1.165) is 42.7 Å². The van der Waals surface area contributed by atoms with E-state index >= 15 is 0 Å². The van der Waals surface area contributed by atoms with Crippen LogP contribution in [0.1, 0.15) is 52.2 Å². The number of hydrogen-bond acceptors (Lipinski definition) is 3. The van der Waals surface area contributed by atoms with Crippen molar-refractivity contribution in [3.05, 3.63) is 21.4 Å². The van der Waals surface area contributed by atoms with Crippen molar-refractivity contribution in [1.29, 1.82) is 0 Å². The molecule has 2 unspecified atom stereocenters. The molecule has 0 aromatic carbocycles. The van der Waals surface area contributed by atoms with Gasteiger partial charge in [-0.1, -0.05) is 12.8 Å². The van der Waals surface area contributed by atoms with Gasteiger partial charge in [0.1, 0.15) is 0 Å². The summed E-state index contributed by atoms with van der Waals surface area (Å²) in [5, 5.41) is 10.7. The summed E-state index contributed by atoms with van der Waals surface area (Å²) in [4.78, 5) is 16.9. The molecule has 2 aliphatic rings. The summed E-state index contributed by atoms with van der Waals surface area (Å²) in [6, 6.07) is 2.00. The summed E-state index contributed by atoms with van der Waals surface area (Å²) in [6.07, 6.45) is 5.03. The zero-order chi connectivity index (χ0) is 14.3. The van der Waals surface area contributed by atoms with Crippen LogP contribution in [0.25, 0.3) is 0 Å². The molecule has 2 fully saturated rings. The Kier molecular flexibility index (Phi) is 3.63. The van der Waals surface area contributed by atoms with Crippen LogP contribution in [0.5, 0.6) is 0 Å². The van der Waals surface area contributed by atoms with Gasteiger partial charge in [0.15, 0.2) is 0 Å². The largest absolute Gasteiger partial charge is 0.389 e. The number of likely N-dealkylation sites (tertiary alicyclic amines) is 1. The van der Waals surface area contributed by atoms with Crippen LogP contribution in [0.15, 0.2) is 6.07 Å². The van der Waals surface area contributed by atoms with Crippen molar-refractivity contribution in [3.8, 4) is 0 Å². The second-order valence-electron chi connectivity index (χ2n) is 6.37. The number of carbonyl (C=O) groups is 1. The van der Waals surface area contributed by atoms with Crippen molar-refractivity contribution in [2.45, 2.75) is 51.6 Å². The zero-order valence-electron chi connectivity index (χ0n) is 12.3. The topological polar surface area (TPSA) is 40.5 Å². The van der Waals surface area contributed by atoms with Crippen LogP contribution < -0.4 is 0 Å². The smallest absolute Gasteiger partial charge is 0.254 e. The van der Waals surface area contributed by atoms with Gasteiger partial charge < -0.3 is 10.0 Å². The third-order valence-corrected chi connectivity index (χ3v) is 5.95. The number of nitrogens with zero attached hydrogens (tertiary/aromatic N) is 1. The molecule has 2 atom stereocenters. The molecule has 3 nitrogen and oxygen atoms in total. The van der Waals surface area contributed by atoms with Crippen LogP contribution in [0.4, 0.5) is 0 Å². The summed E-state index contributed by atoms with van der Waals surface area (Å²) in [5.74, 6) is 0.425. The van der Waals surface area contributed by atoms with E-state index in [9.17, 15) is 9.90 Å². The third-order valence-electron chi connectivity index (χ3n) is 4.99. The van der Waals surface area contributed by atoms with Gasteiger partial charge in [-0.3, -0.25) is 4.79 Å². The first-order valence-electron chi connectivity index (χ1n) is 7.58. The predicted molar refractivity (Wildman–Crippen MR) is 81.2 cm³/mol. The molecule has 1 aromatic rings. The molecular formula is C16H23NO2S. The van der Waals surface area contributed by atoms with Crippen LogP contribution in [-0.2, 0) is 0 Å². The lowest BCUT2D eigenvalue weighted by Gasteiger charge is -2.47. The third kappa shape index (κ3) is 2.40. The second-order valence-corrected chi connectivity index (χ2v) is 7.83. The van der Waals surface area contributed by atoms with E-state index in [0.29, 0.717) is 6.54 Å². The number of carbonyl (C=O) groups excluding carboxylic acids is 1. The van der Waals surface area contributed by atoms with E-state index in [-0.39, 0.29) is 11.8 Å². The summed E-state index contributed by atoms with van der Waals surface area (Å²) >= 11 is 1.69. The molecule has 1 N–H and O–H groups in total. The Labute approximate surface area is 124 Å². The van der Waals surface area contributed by atoms with Gasteiger partial charge in [-0.15, -0.1) is 11.3 Å². The summed E-state index contributed by atoms with van der Waals surface area (Å²) in [6.45, 7) is 5.49. The Bertz CT molecular complexity index is 525. The van der Waals surface area contributed by atoms with Crippen molar-refractivity contribution in [2.75, 3.05) is 13.1 Å². The highest BCUT2D eigenvalue weighted by molar-refractivity contribution is 7.12. The summed E-state index contributed by atoms with van der Waals surface area (Å²) < 4.78 is 0. The Hall–Kier alpha value is -0.870. The molecule has 1 amide bonds. The minimum absolute atomic E-state index is 0.152. The van der Waals surface area contributed by atoms with Crippen molar-refractivity contribution < 1.29 is 9.90 Å². The monoisotopic (exact) mass is 293 g/mol. The highest BCUT2D eigenvalue weighted by atomic mass is 32.1. The van der Waals surface area contributed by atoms with Gasteiger partial charge >= 0.3 is 0 Å². The van der Waals surface area contributed by atoms with Crippen LogP contribution in [-0.4, -0.2) is 34.6 Å². The normalized spacial score (nSPS) is 30.1. The molecule has 3 rings (SSSR count). The van der Waals surface area contributed by atoms with Crippen molar-refractivity contribution in [2.24, 2.45) is 5.92 Å². The van der Waals surface area contributed by atoms with Gasteiger partial charge in [0, 0.05) is 28.8 Å². The van der Waals surface area contributed by atoms with E-state index < -0.39 is 5.60 Å². The fourth-order valence-corrected chi connectivity index (χ4v) is 4.68. The molecule has 110 valence electrons. The van der Waals surface area contributed by atoms with Crippen LogP contribution >= 0.6 is 11.3 Å². The Morgan fingerprint density at radius 1 is 1.40 bits per heavy atom. The van der Waals surface area contributed by atoms with E-state index in [4.69, 9.17) is 0 Å². The summed E-state index contributed by atoms with van der Waals surface area (Å²) in [5.41, 5.74) is 0.350. The molecule has 1 saturated carbocycles. The maximum Gasteiger partial charge on any atom is 0.254 e. The van der Waals surface area contributed by atoms with Crippen molar-refractivity contribution >= 4 is 17.2 Å². The van der Waals surface area contributed by atoms with Gasteiger partial charge in [0.05, 0.1) is 11.2 Å². The highest BCUT2D eigenvalue weighted by Gasteiger charge is 2.43. The molecule has 1 saturated heterocycles. The zero-order valence-corrected chi connectivity index (χ0v) is 13.1. The van der Waals surface area contributed by atoms with Gasteiger partial charge in [-0.05, 0) is 39.2 Å². The van der Waals surface area contributed by atoms with Gasteiger partial charge in [-0.2, -0.15) is 0 Å². The Morgan fingerprint density at radius 2 is 2.20 bits per heavy atom. The minimum Gasteiger partial charge on any atom is -0.389 e. The number of aryl methyl sites for hydroxylation is 2. The lowest BCUT2D eigenvalue weighted by Crippen LogP contribution is -2.54. The number of fused-ring (bicyclic) bond motifs is 1. The molecular weight excluding hydrogens is 270 g/mol. The molecule has 4 heteroatoms. The van der Waals surface area contributed by atoms with Crippen molar-refractivity contribution in [1.82, 2.24) is 4.90 Å². The molecule has 0 bridgehead atoms. The van der Waals surface area contributed by atoms with Crippen molar-refractivity contribution in [3.63, 3.8) is 0 Å². The molecule has 20 heavy (non-hydrogen) atoms. The van der Waals surface area contributed by atoms with Gasteiger partial charge in [-0.25, -0.2) is 0 Å². The lowest BCUT2D eigenvalue weighted by atomic mass is 9.71. The second kappa shape index (κ2) is 5.15. The van der Waals surface area contributed by atoms with Crippen LogP contribution in [0, 0.1) is 19.8 Å². The fraction of sp³-hybridized carbons (Fsp3) is 0.688. The fourth-order valence-electron chi connectivity index (χ4n) is 3.77. The molecule has 1 aromatic heterocycles. The SMILES string of the molecule is Cc1cc(C(=O)N2CCC3(O)CCCCC3C2)c(C)s1. The van der Waals surface area contributed by atoms with Gasteiger partial charge in [0.2, 0.25) is 0 Å². The van der Waals surface area contributed by atoms with E-state index in [1.54, 1.807) is 11.3 Å². The molecule has 0 spiro atoms. The number of hydrogen-bond donors (Lipinski definition) is 1. The first-order valence-corrected chi connectivity index (χ1v) is 8.40. The maximum atomic E-state index is 12.7. The molecule has 1 aliphatic heterocycles. The van der Waals surface area contributed by atoms with Gasteiger partial charge in [0.25, 0.3) is 5.91 Å². The quantitative estimate of drug-likeness (QED) is 0.864. The van der Waals surface area contributed by atoms with E-state index in [1.807, 2.05) is 24.8 Å². The lowest BCUT2D eigenvalue weighted by molar-refractivity contribution is -0.0886. The summed E-state index contributed by atoms with van der Waals surface area (Å²) in [7, 11) is 0. The Morgan fingerprint density at radius 3 is 2.90 bits per heavy atom. The number of piperidine rings is 1. The first kappa shape index (κ1) is 14.1. The standard InChI is InChI=1S/C16H23NO2S/c1-11-9-14(12(2)20-11)15(18)17-8-7-16(19)6-4-3-5-13(16)10-17/h9,13,19H,3-8,10H2,1-2H3. The molecule has 0 radical (unpaired) electrons. The minimum atomic E-state index is -0.505. The molecule has 2 heterocycles. The average Bonchev–Trinajstić information content (AvgIpc) is 2.76. The number of amides is 1. The number of aliphatic hydroxyl groups is 1. The highest BCUT2D eigenvalue weighted by Crippen LogP contribution is 2.40. The van der Waals surface area contributed by atoms with Crippen LogP contribution in [0.2, 0.25) is 0 Å². The maximum absolute atomic E-state index is 12.7. The first-order chi connectivity index (χ1) is 9.49. The number of thiophene rings is 1. The van der Waals surface area contributed by atoms with E-state index in [1.165, 1.54) is 11.3 Å². The van der Waals surface area contributed by atoms with E-state index in [2.05, 4.69) is 0 Å². The average molecular weight is 293 g/mol. The van der Waals surface area contributed by atoms with Crippen LogP contribution in [0.3, 0.4) is 0 Å². The predicted octanol–water partition coefficient (Wildman–Crippen LogP) is 3.13. The Balaban J connectivity index is 1.76.